The first kappa shape index (κ1) is 22.1. The van der Waals surface area contributed by atoms with Crippen molar-refractivity contribution >= 4 is 23.8 Å². The molecule has 0 rings (SSSR count). The lowest BCUT2D eigenvalue weighted by Crippen LogP contribution is -2.30. The van der Waals surface area contributed by atoms with Crippen LogP contribution in [0.5, 0.6) is 0 Å². The minimum absolute atomic E-state index is 0.0945. The average Bonchev–Trinajstić information content (AvgIpc) is 2.47. The maximum atomic E-state index is 10.9. The molecule has 0 heterocycles. The third-order valence-corrected chi connectivity index (χ3v) is 2.00. The summed E-state index contributed by atoms with van der Waals surface area (Å²) in [5.74, 6) is -2.68. The second-order valence-corrected chi connectivity index (χ2v) is 3.93. The largest absolute Gasteiger partial charge is 0.481 e. The van der Waals surface area contributed by atoms with E-state index in [9.17, 15) is 19.2 Å². The fraction of sp³-hybridized carbons (Fsp3) is 0.667. The van der Waals surface area contributed by atoms with Crippen LogP contribution in [0.3, 0.4) is 0 Å². The Morgan fingerprint density at radius 1 is 0.636 bits per heavy atom. The molecule has 0 aromatic heterocycles. The molecule has 2 amide bonds. The Hall–Kier alpha value is -2.20. The molecule has 0 saturated heterocycles. The molecule has 0 aromatic rings. The summed E-state index contributed by atoms with van der Waals surface area (Å²) in [6.45, 7) is 0.194. The summed E-state index contributed by atoms with van der Waals surface area (Å²) < 4.78 is 0. The van der Waals surface area contributed by atoms with E-state index in [0.29, 0.717) is 0 Å². The SMILES string of the molecule is O=C(CCC(=O)NCCO)NCCO.O=C(O)CCC(=O)O. The molecule has 128 valence electrons. The van der Waals surface area contributed by atoms with Gasteiger partial charge in [-0.15, -0.1) is 0 Å². The summed E-state index contributed by atoms with van der Waals surface area (Å²) in [6.07, 6.45) is -0.404. The van der Waals surface area contributed by atoms with Gasteiger partial charge in [-0.3, -0.25) is 19.2 Å². The predicted octanol–water partition coefficient (Wildman–Crippen LogP) is -2.08. The molecule has 0 aliphatic carbocycles. The highest BCUT2D eigenvalue weighted by atomic mass is 16.4. The average molecular weight is 322 g/mol. The molecular formula is C12H22N2O8. The summed E-state index contributed by atoms with van der Waals surface area (Å²) in [7, 11) is 0. The van der Waals surface area contributed by atoms with Crippen molar-refractivity contribution in [3.8, 4) is 0 Å². The minimum atomic E-state index is -1.08. The topological polar surface area (TPSA) is 173 Å². The van der Waals surface area contributed by atoms with Crippen molar-refractivity contribution in [2.24, 2.45) is 0 Å². The van der Waals surface area contributed by atoms with Gasteiger partial charge >= 0.3 is 11.9 Å². The van der Waals surface area contributed by atoms with Gasteiger partial charge in [0.1, 0.15) is 0 Å². The van der Waals surface area contributed by atoms with Crippen LogP contribution < -0.4 is 10.6 Å². The molecule has 0 radical (unpaired) electrons. The van der Waals surface area contributed by atoms with E-state index in [1.165, 1.54) is 0 Å². The van der Waals surface area contributed by atoms with Crippen LogP contribution in [0.2, 0.25) is 0 Å². The molecule has 0 aliphatic heterocycles. The lowest BCUT2D eigenvalue weighted by molar-refractivity contribution is -0.143. The van der Waals surface area contributed by atoms with E-state index in [2.05, 4.69) is 10.6 Å². The molecule has 0 bridgehead atoms. The molecule has 6 N–H and O–H groups in total. The van der Waals surface area contributed by atoms with Crippen molar-refractivity contribution in [3.05, 3.63) is 0 Å². The second-order valence-electron chi connectivity index (χ2n) is 3.93. The van der Waals surface area contributed by atoms with E-state index in [4.69, 9.17) is 20.4 Å². The van der Waals surface area contributed by atoms with Crippen LogP contribution in [0, 0.1) is 0 Å². The fourth-order valence-electron chi connectivity index (χ4n) is 1.01. The first-order chi connectivity index (χ1) is 10.3. The van der Waals surface area contributed by atoms with E-state index in [1.54, 1.807) is 0 Å². The number of aliphatic carboxylic acids is 2. The van der Waals surface area contributed by atoms with Crippen molar-refractivity contribution in [2.75, 3.05) is 26.3 Å². The summed E-state index contributed by atoms with van der Waals surface area (Å²) >= 11 is 0. The van der Waals surface area contributed by atoms with Crippen molar-refractivity contribution in [1.29, 1.82) is 0 Å². The molecule has 0 aromatic carbocycles. The zero-order chi connectivity index (χ0) is 17.4. The van der Waals surface area contributed by atoms with Gasteiger partial charge in [0, 0.05) is 25.9 Å². The van der Waals surface area contributed by atoms with Gasteiger partial charge < -0.3 is 31.1 Å². The highest BCUT2D eigenvalue weighted by Crippen LogP contribution is 1.88. The summed E-state index contributed by atoms with van der Waals surface area (Å²) in [4.78, 5) is 41.1. The van der Waals surface area contributed by atoms with Gasteiger partial charge in [0.05, 0.1) is 26.1 Å². The standard InChI is InChI=1S/C8H16N2O4.C4H6O4/c11-5-3-9-7(13)1-2-8(14)10-4-6-12;5-3(6)1-2-4(7)8/h11-12H,1-6H2,(H,9,13)(H,10,14);1-2H2,(H,5,6)(H,7,8). The lowest BCUT2D eigenvalue weighted by Gasteiger charge is -2.03. The highest BCUT2D eigenvalue weighted by Gasteiger charge is 2.05. The first-order valence-corrected chi connectivity index (χ1v) is 6.52. The Labute approximate surface area is 127 Å². The van der Waals surface area contributed by atoms with Gasteiger partial charge in [0.2, 0.25) is 11.8 Å². The fourth-order valence-corrected chi connectivity index (χ4v) is 1.01. The number of amides is 2. The van der Waals surface area contributed by atoms with Crippen LogP contribution in [0.25, 0.3) is 0 Å². The third-order valence-electron chi connectivity index (χ3n) is 2.00. The molecule has 0 fully saturated rings. The minimum Gasteiger partial charge on any atom is -0.481 e. The molecular weight excluding hydrogens is 300 g/mol. The van der Waals surface area contributed by atoms with E-state index < -0.39 is 11.9 Å². The Bertz CT molecular complexity index is 325. The number of rotatable bonds is 10. The zero-order valence-corrected chi connectivity index (χ0v) is 12.1. The van der Waals surface area contributed by atoms with Crippen LogP contribution >= 0.6 is 0 Å². The van der Waals surface area contributed by atoms with Crippen LogP contribution in [0.4, 0.5) is 0 Å². The quantitative estimate of drug-likeness (QED) is 0.266. The van der Waals surface area contributed by atoms with Gasteiger partial charge in [0.15, 0.2) is 0 Å². The number of hydrogen-bond donors (Lipinski definition) is 6. The monoisotopic (exact) mass is 322 g/mol. The molecule has 0 saturated carbocycles. The number of carbonyl (C=O) groups is 4. The molecule has 0 atom stereocenters. The van der Waals surface area contributed by atoms with Gasteiger partial charge in [0.25, 0.3) is 0 Å². The molecule has 0 spiro atoms. The zero-order valence-electron chi connectivity index (χ0n) is 12.1. The maximum Gasteiger partial charge on any atom is 0.303 e. The predicted molar refractivity (Wildman–Crippen MR) is 73.9 cm³/mol. The van der Waals surface area contributed by atoms with Crippen molar-refractivity contribution < 1.29 is 39.6 Å². The van der Waals surface area contributed by atoms with Gasteiger partial charge in [-0.05, 0) is 0 Å². The Balaban J connectivity index is 0. The molecule has 22 heavy (non-hydrogen) atoms. The van der Waals surface area contributed by atoms with Crippen molar-refractivity contribution in [1.82, 2.24) is 10.6 Å². The number of aliphatic hydroxyl groups is 2. The number of aliphatic hydroxyl groups excluding tert-OH is 2. The van der Waals surface area contributed by atoms with Crippen LogP contribution in [-0.2, 0) is 19.2 Å². The molecule has 0 unspecified atom stereocenters. The van der Waals surface area contributed by atoms with Crippen LogP contribution in [0.15, 0.2) is 0 Å². The van der Waals surface area contributed by atoms with Gasteiger partial charge in [-0.25, -0.2) is 0 Å². The summed E-state index contributed by atoms with van der Waals surface area (Å²) in [5.41, 5.74) is 0. The number of hydrogen-bond acceptors (Lipinski definition) is 6. The van der Waals surface area contributed by atoms with Crippen molar-refractivity contribution in [3.63, 3.8) is 0 Å². The number of nitrogens with one attached hydrogen (secondary N) is 2. The first-order valence-electron chi connectivity index (χ1n) is 6.52. The lowest BCUT2D eigenvalue weighted by atomic mass is 10.3. The van der Waals surface area contributed by atoms with E-state index >= 15 is 0 Å². The molecule has 0 aliphatic rings. The summed E-state index contributed by atoms with van der Waals surface area (Å²) in [6, 6.07) is 0. The Kier molecular flexibility index (Phi) is 15.3. The Morgan fingerprint density at radius 3 is 1.18 bits per heavy atom. The second kappa shape index (κ2) is 15.2. The number of carboxylic acid groups (broad SMARTS) is 2. The smallest absolute Gasteiger partial charge is 0.303 e. The molecule has 10 nitrogen and oxygen atoms in total. The van der Waals surface area contributed by atoms with Crippen molar-refractivity contribution in [2.45, 2.75) is 25.7 Å². The Morgan fingerprint density at radius 2 is 0.955 bits per heavy atom. The number of carbonyl (C=O) groups excluding carboxylic acids is 2. The van der Waals surface area contributed by atoms with Gasteiger partial charge in [-0.1, -0.05) is 0 Å². The van der Waals surface area contributed by atoms with E-state index in [0.717, 1.165) is 0 Å². The van der Waals surface area contributed by atoms with Crippen LogP contribution in [-0.4, -0.2) is 70.5 Å². The molecule has 10 heteroatoms. The van der Waals surface area contributed by atoms with Crippen LogP contribution in [0.1, 0.15) is 25.7 Å². The van der Waals surface area contributed by atoms with E-state index in [1.807, 2.05) is 0 Å². The summed E-state index contributed by atoms with van der Waals surface area (Å²) in [5, 5.41) is 37.4. The van der Waals surface area contributed by atoms with E-state index in [-0.39, 0.29) is 63.8 Å². The normalized spacial score (nSPS) is 9.18. The number of carboxylic acids is 2. The maximum absolute atomic E-state index is 10.9. The highest BCUT2D eigenvalue weighted by molar-refractivity contribution is 5.83. The van der Waals surface area contributed by atoms with Gasteiger partial charge in [-0.2, -0.15) is 0 Å². The third kappa shape index (κ3) is 20.1.